The van der Waals surface area contributed by atoms with Gasteiger partial charge in [0.1, 0.15) is 0 Å². The molecule has 1 aromatic rings. The Bertz CT molecular complexity index is 388. The Morgan fingerprint density at radius 2 is 1.84 bits per heavy atom. The molecule has 1 nitrogen and oxygen atoms in total. The Kier molecular flexibility index (Phi) is 5.04. The van der Waals surface area contributed by atoms with Crippen molar-refractivity contribution >= 4 is 0 Å². The van der Waals surface area contributed by atoms with Gasteiger partial charge in [-0.3, -0.25) is 0 Å². The lowest BCUT2D eigenvalue weighted by Crippen LogP contribution is -2.35. The molecule has 1 aliphatic rings. The summed E-state index contributed by atoms with van der Waals surface area (Å²) in [7, 11) is 0. The zero-order valence-corrected chi connectivity index (χ0v) is 12.7. The van der Waals surface area contributed by atoms with Crippen LogP contribution in [0.25, 0.3) is 0 Å². The molecular weight excluding hydrogens is 230 g/mol. The van der Waals surface area contributed by atoms with Crippen LogP contribution in [0.15, 0.2) is 24.3 Å². The molecule has 0 aromatic heterocycles. The standard InChI is InChI=1S/C18H29N/c1-13-5-4-6-16(10-13)7-8-18(19)17-11-14(2)9-15(3)12-17/h4-6,10,14-15,17-18H,7-9,11-12,19H2,1-3H3. The van der Waals surface area contributed by atoms with Crippen molar-refractivity contribution in [1.29, 1.82) is 0 Å². The highest BCUT2D eigenvalue weighted by Gasteiger charge is 2.27. The van der Waals surface area contributed by atoms with E-state index in [1.807, 2.05) is 0 Å². The van der Waals surface area contributed by atoms with E-state index in [0.29, 0.717) is 6.04 Å². The third kappa shape index (κ3) is 4.35. The zero-order chi connectivity index (χ0) is 13.8. The Balaban J connectivity index is 1.85. The summed E-state index contributed by atoms with van der Waals surface area (Å²) in [6.45, 7) is 6.93. The van der Waals surface area contributed by atoms with E-state index in [9.17, 15) is 0 Å². The van der Waals surface area contributed by atoms with Gasteiger partial charge in [0.2, 0.25) is 0 Å². The average molecular weight is 259 g/mol. The molecule has 0 saturated heterocycles. The lowest BCUT2D eigenvalue weighted by molar-refractivity contribution is 0.188. The van der Waals surface area contributed by atoms with Crippen molar-refractivity contribution in [3.05, 3.63) is 35.4 Å². The summed E-state index contributed by atoms with van der Waals surface area (Å²) < 4.78 is 0. The van der Waals surface area contributed by atoms with Crippen molar-refractivity contribution in [2.24, 2.45) is 23.5 Å². The van der Waals surface area contributed by atoms with Crippen LogP contribution in [0.3, 0.4) is 0 Å². The van der Waals surface area contributed by atoms with Gasteiger partial charge in [0.25, 0.3) is 0 Å². The Hall–Kier alpha value is -0.820. The fraction of sp³-hybridized carbons (Fsp3) is 0.667. The summed E-state index contributed by atoms with van der Waals surface area (Å²) in [5.41, 5.74) is 9.25. The second-order valence-electron chi connectivity index (χ2n) is 6.87. The molecule has 0 heterocycles. The van der Waals surface area contributed by atoms with Crippen LogP contribution in [0, 0.1) is 24.7 Å². The molecule has 0 radical (unpaired) electrons. The topological polar surface area (TPSA) is 26.0 Å². The molecule has 2 N–H and O–H groups in total. The first-order valence-electron chi connectivity index (χ1n) is 7.85. The van der Waals surface area contributed by atoms with Gasteiger partial charge in [0, 0.05) is 6.04 Å². The molecule has 0 bridgehead atoms. The number of rotatable bonds is 4. The summed E-state index contributed by atoms with van der Waals surface area (Å²) in [5, 5.41) is 0. The third-order valence-corrected chi connectivity index (χ3v) is 4.67. The first-order chi connectivity index (χ1) is 9.04. The first kappa shape index (κ1) is 14.6. The fourth-order valence-electron chi connectivity index (χ4n) is 3.80. The minimum absolute atomic E-state index is 0.380. The second kappa shape index (κ2) is 6.56. The number of nitrogens with two attached hydrogens (primary N) is 1. The Morgan fingerprint density at radius 3 is 2.47 bits per heavy atom. The lowest BCUT2D eigenvalue weighted by atomic mass is 9.73. The van der Waals surface area contributed by atoms with Crippen LogP contribution in [0.5, 0.6) is 0 Å². The average Bonchev–Trinajstić information content (AvgIpc) is 2.35. The van der Waals surface area contributed by atoms with E-state index in [0.717, 1.165) is 30.6 Å². The van der Waals surface area contributed by atoms with Crippen LogP contribution in [-0.4, -0.2) is 6.04 Å². The molecule has 3 atom stereocenters. The molecule has 3 unspecified atom stereocenters. The molecule has 0 aliphatic heterocycles. The quantitative estimate of drug-likeness (QED) is 0.856. The van der Waals surface area contributed by atoms with Crippen LogP contribution >= 0.6 is 0 Å². The fourth-order valence-corrected chi connectivity index (χ4v) is 3.80. The molecule has 1 aromatic carbocycles. The molecule has 0 spiro atoms. The van der Waals surface area contributed by atoms with E-state index in [4.69, 9.17) is 5.73 Å². The highest BCUT2D eigenvalue weighted by Crippen LogP contribution is 2.35. The molecule has 2 rings (SSSR count). The van der Waals surface area contributed by atoms with Gasteiger partial charge in [-0.05, 0) is 62.3 Å². The number of aryl methyl sites for hydroxylation is 2. The minimum atomic E-state index is 0.380. The number of hydrogen-bond donors (Lipinski definition) is 1. The van der Waals surface area contributed by atoms with E-state index in [2.05, 4.69) is 45.0 Å². The van der Waals surface area contributed by atoms with E-state index >= 15 is 0 Å². The van der Waals surface area contributed by atoms with Crippen molar-refractivity contribution in [3.8, 4) is 0 Å². The molecule has 1 saturated carbocycles. The summed E-state index contributed by atoms with van der Waals surface area (Å²) >= 11 is 0. The van der Waals surface area contributed by atoms with Gasteiger partial charge in [0.15, 0.2) is 0 Å². The van der Waals surface area contributed by atoms with Crippen LogP contribution in [0.2, 0.25) is 0 Å². The monoisotopic (exact) mass is 259 g/mol. The molecule has 19 heavy (non-hydrogen) atoms. The first-order valence-corrected chi connectivity index (χ1v) is 7.85. The van der Waals surface area contributed by atoms with Crippen LogP contribution in [0.4, 0.5) is 0 Å². The molecule has 1 fully saturated rings. The van der Waals surface area contributed by atoms with Crippen molar-refractivity contribution in [3.63, 3.8) is 0 Å². The summed E-state index contributed by atoms with van der Waals surface area (Å²) in [6, 6.07) is 9.21. The maximum absolute atomic E-state index is 6.46. The summed E-state index contributed by atoms with van der Waals surface area (Å²) in [4.78, 5) is 0. The summed E-state index contributed by atoms with van der Waals surface area (Å²) in [5.74, 6) is 2.46. The normalized spacial score (nSPS) is 29.2. The lowest BCUT2D eigenvalue weighted by Gasteiger charge is -2.35. The van der Waals surface area contributed by atoms with Crippen LogP contribution < -0.4 is 5.73 Å². The molecular formula is C18H29N. The second-order valence-corrected chi connectivity index (χ2v) is 6.87. The predicted molar refractivity (Wildman–Crippen MR) is 83.1 cm³/mol. The Labute approximate surface area is 118 Å². The maximum atomic E-state index is 6.46. The van der Waals surface area contributed by atoms with Gasteiger partial charge >= 0.3 is 0 Å². The smallest absolute Gasteiger partial charge is 0.00705 e. The predicted octanol–water partition coefficient (Wildman–Crippen LogP) is 4.33. The van der Waals surface area contributed by atoms with E-state index in [1.165, 1.54) is 30.4 Å². The maximum Gasteiger partial charge on any atom is 0.00705 e. The number of hydrogen-bond acceptors (Lipinski definition) is 1. The molecule has 1 aliphatic carbocycles. The molecule has 1 heteroatoms. The number of benzene rings is 1. The van der Waals surface area contributed by atoms with Gasteiger partial charge in [-0.15, -0.1) is 0 Å². The highest BCUT2D eigenvalue weighted by molar-refractivity contribution is 5.22. The van der Waals surface area contributed by atoms with E-state index in [1.54, 1.807) is 0 Å². The van der Waals surface area contributed by atoms with Gasteiger partial charge in [-0.2, -0.15) is 0 Å². The van der Waals surface area contributed by atoms with Crippen molar-refractivity contribution in [1.82, 2.24) is 0 Å². The van der Waals surface area contributed by atoms with Crippen molar-refractivity contribution < 1.29 is 0 Å². The molecule has 0 amide bonds. The van der Waals surface area contributed by atoms with Crippen LogP contribution in [0.1, 0.15) is 50.7 Å². The zero-order valence-electron chi connectivity index (χ0n) is 12.7. The third-order valence-electron chi connectivity index (χ3n) is 4.67. The van der Waals surface area contributed by atoms with Gasteiger partial charge in [0.05, 0.1) is 0 Å². The van der Waals surface area contributed by atoms with Crippen LogP contribution in [-0.2, 0) is 6.42 Å². The molecule has 106 valence electrons. The van der Waals surface area contributed by atoms with Gasteiger partial charge in [-0.25, -0.2) is 0 Å². The SMILES string of the molecule is Cc1cccc(CCC(N)C2CC(C)CC(C)C2)c1. The van der Waals surface area contributed by atoms with Crippen molar-refractivity contribution in [2.75, 3.05) is 0 Å². The van der Waals surface area contributed by atoms with Gasteiger partial charge < -0.3 is 5.73 Å². The minimum Gasteiger partial charge on any atom is -0.327 e. The van der Waals surface area contributed by atoms with E-state index in [-0.39, 0.29) is 0 Å². The van der Waals surface area contributed by atoms with Crippen molar-refractivity contribution in [2.45, 2.75) is 58.9 Å². The highest BCUT2D eigenvalue weighted by atomic mass is 14.7. The van der Waals surface area contributed by atoms with Gasteiger partial charge in [-0.1, -0.05) is 43.7 Å². The van der Waals surface area contributed by atoms with E-state index < -0.39 is 0 Å². The Morgan fingerprint density at radius 1 is 1.16 bits per heavy atom. The summed E-state index contributed by atoms with van der Waals surface area (Å²) in [6.07, 6.45) is 6.31. The largest absolute Gasteiger partial charge is 0.327 e.